The van der Waals surface area contributed by atoms with Crippen molar-refractivity contribution in [3.8, 4) is 5.75 Å². The van der Waals surface area contributed by atoms with Gasteiger partial charge in [0, 0.05) is 20.6 Å². The van der Waals surface area contributed by atoms with Crippen LogP contribution in [0.4, 0.5) is 5.95 Å². The molecule has 0 radical (unpaired) electrons. The van der Waals surface area contributed by atoms with E-state index in [1.807, 2.05) is 62.4 Å². The Morgan fingerprint density at radius 1 is 1.03 bits per heavy atom. The maximum atomic E-state index is 13.0. The third-order valence-corrected chi connectivity index (χ3v) is 5.96. The fourth-order valence-electron chi connectivity index (χ4n) is 3.80. The lowest BCUT2D eigenvalue weighted by atomic mass is 10.1. The van der Waals surface area contributed by atoms with Gasteiger partial charge < -0.3 is 19.7 Å². The molecule has 4 aromatic rings. The van der Waals surface area contributed by atoms with Crippen LogP contribution in [0.5, 0.6) is 5.75 Å². The monoisotopic (exact) mass is 463 g/mol. The Morgan fingerprint density at radius 2 is 1.76 bits per heavy atom. The molecule has 0 amide bonds. The summed E-state index contributed by atoms with van der Waals surface area (Å²) in [5, 5.41) is 14.0. The number of ether oxygens (including phenoxy) is 1. The molecule has 2 aromatic heterocycles. The second kappa shape index (κ2) is 9.56. The van der Waals surface area contributed by atoms with Crippen LogP contribution in [0.15, 0.2) is 58.1 Å². The number of benzene rings is 2. The lowest BCUT2D eigenvalue weighted by Gasteiger charge is -2.16. The molecule has 0 saturated carbocycles. The number of aryl methyl sites for hydroxylation is 3. The van der Waals surface area contributed by atoms with E-state index in [2.05, 4.69) is 10.3 Å². The predicted molar refractivity (Wildman–Crippen MR) is 131 cm³/mol. The van der Waals surface area contributed by atoms with Gasteiger partial charge in [-0.3, -0.25) is 13.9 Å². The molecule has 4 rings (SSSR count). The van der Waals surface area contributed by atoms with Gasteiger partial charge in [0.1, 0.15) is 18.5 Å². The smallest absolute Gasteiger partial charge is 0.332 e. The molecule has 0 fully saturated rings. The maximum absolute atomic E-state index is 13.0. The van der Waals surface area contributed by atoms with Gasteiger partial charge in [0.25, 0.3) is 5.56 Å². The lowest BCUT2D eigenvalue weighted by Crippen LogP contribution is -2.38. The molecule has 0 aliphatic rings. The first-order valence-corrected chi connectivity index (χ1v) is 11.1. The minimum Gasteiger partial charge on any atom is -0.491 e. The highest BCUT2D eigenvalue weighted by Gasteiger charge is 2.21. The number of nitrogens with zero attached hydrogens (tertiary/aromatic N) is 4. The van der Waals surface area contributed by atoms with E-state index in [0.717, 1.165) is 21.3 Å². The molecule has 0 aliphatic carbocycles. The summed E-state index contributed by atoms with van der Waals surface area (Å²) in [7, 11) is 3.00. The molecular weight excluding hydrogens is 434 g/mol. The summed E-state index contributed by atoms with van der Waals surface area (Å²) in [6.07, 6.45) is -0.918. The Labute approximate surface area is 196 Å². The number of aliphatic hydroxyl groups is 1. The number of fused-ring (bicyclic) bond motifs is 1. The van der Waals surface area contributed by atoms with Gasteiger partial charge in [0.05, 0.1) is 6.54 Å². The van der Waals surface area contributed by atoms with E-state index in [1.54, 1.807) is 11.6 Å². The highest BCUT2D eigenvalue weighted by Crippen LogP contribution is 2.19. The van der Waals surface area contributed by atoms with Crippen LogP contribution in [0.1, 0.15) is 16.7 Å². The Hall–Kier alpha value is -3.85. The van der Waals surface area contributed by atoms with E-state index in [4.69, 9.17) is 4.74 Å². The molecule has 2 aromatic carbocycles. The van der Waals surface area contributed by atoms with E-state index in [9.17, 15) is 14.7 Å². The first-order valence-electron chi connectivity index (χ1n) is 11.1. The Kier molecular flexibility index (Phi) is 6.56. The van der Waals surface area contributed by atoms with Crippen LogP contribution in [-0.2, 0) is 27.2 Å². The number of anilines is 1. The van der Waals surface area contributed by atoms with Crippen molar-refractivity contribution in [2.24, 2.45) is 14.1 Å². The van der Waals surface area contributed by atoms with Gasteiger partial charge in [-0.15, -0.1) is 0 Å². The normalized spacial score (nSPS) is 12.1. The summed E-state index contributed by atoms with van der Waals surface area (Å²) in [5.74, 6) is 1.06. The SMILES string of the molecule is Cc1ccc(OC[C@@H](O)Cn2c(NCc3ccccc3)nc3c2c(=O)n(C)c(=O)n3C)cc1C. The van der Waals surface area contributed by atoms with E-state index in [-0.39, 0.29) is 24.3 Å². The van der Waals surface area contributed by atoms with Crippen LogP contribution in [0.2, 0.25) is 0 Å². The van der Waals surface area contributed by atoms with Crippen molar-refractivity contribution in [3.05, 3.63) is 86.1 Å². The van der Waals surface area contributed by atoms with Crippen LogP contribution >= 0.6 is 0 Å². The quantitative estimate of drug-likeness (QED) is 0.415. The molecule has 178 valence electrons. The molecule has 0 unspecified atom stereocenters. The Bertz CT molecular complexity index is 1440. The van der Waals surface area contributed by atoms with Crippen LogP contribution in [0, 0.1) is 13.8 Å². The highest BCUT2D eigenvalue weighted by atomic mass is 16.5. The van der Waals surface area contributed by atoms with Gasteiger partial charge in [0.2, 0.25) is 5.95 Å². The van der Waals surface area contributed by atoms with E-state index < -0.39 is 17.4 Å². The number of hydrogen-bond donors (Lipinski definition) is 2. The summed E-state index contributed by atoms with van der Waals surface area (Å²) >= 11 is 0. The summed E-state index contributed by atoms with van der Waals surface area (Å²) in [6, 6.07) is 15.5. The molecule has 34 heavy (non-hydrogen) atoms. The van der Waals surface area contributed by atoms with E-state index in [1.165, 1.54) is 11.6 Å². The molecule has 9 nitrogen and oxygen atoms in total. The van der Waals surface area contributed by atoms with Crippen molar-refractivity contribution in [2.75, 3.05) is 11.9 Å². The molecule has 2 heterocycles. The number of aliphatic hydroxyl groups excluding tert-OH is 1. The van der Waals surface area contributed by atoms with Crippen molar-refractivity contribution in [1.29, 1.82) is 0 Å². The largest absolute Gasteiger partial charge is 0.491 e. The van der Waals surface area contributed by atoms with Gasteiger partial charge >= 0.3 is 5.69 Å². The van der Waals surface area contributed by atoms with Crippen LogP contribution < -0.4 is 21.3 Å². The molecule has 9 heteroatoms. The summed E-state index contributed by atoms with van der Waals surface area (Å²) in [5.41, 5.74) is 2.85. The van der Waals surface area contributed by atoms with Gasteiger partial charge in [-0.1, -0.05) is 36.4 Å². The molecule has 0 spiro atoms. The Balaban J connectivity index is 1.64. The number of nitrogens with one attached hydrogen (secondary N) is 1. The van der Waals surface area contributed by atoms with Crippen LogP contribution in [0.3, 0.4) is 0 Å². The third-order valence-electron chi connectivity index (χ3n) is 5.96. The molecule has 0 saturated heterocycles. The summed E-state index contributed by atoms with van der Waals surface area (Å²) in [4.78, 5) is 29.9. The van der Waals surface area contributed by atoms with Crippen molar-refractivity contribution in [1.82, 2.24) is 18.7 Å². The number of rotatable bonds is 8. The fourth-order valence-corrected chi connectivity index (χ4v) is 3.80. The molecule has 0 bridgehead atoms. The van der Waals surface area contributed by atoms with Gasteiger partial charge in [0.15, 0.2) is 11.2 Å². The van der Waals surface area contributed by atoms with Crippen molar-refractivity contribution < 1.29 is 9.84 Å². The molecule has 0 aliphatic heterocycles. The minimum atomic E-state index is -0.918. The van der Waals surface area contributed by atoms with Crippen molar-refractivity contribution in [3.63, 3.8) is 0 Å². The second-order valence-electron chi connectivity index (χ2n) is 8.47. The van der Waals surface area contributed by atoms with Gasteiger partial charge in [-0.2, -0.15) is 4.98 Å². The van der Waals surface area contributed by atoms with Crippen LogP contribution in [-0.4, -0.2) is 36.5 Å². The molecule has 1 atom stereocenters. The first kappa shape index (κ1) is 23.3. The average molecular weight is 464 g/mol. The van der Waals surface area contributed by atoms with Crippen molar-refractivity contribution in [2.45, 2.75) is 33.0 Å². The maximum Gasteiger partial charge on any atom is 0.332 e. The number of aromatic nitrogens is 4. The average Bonchev–Trinajstić information content (AvgIpc) is 3.19. The zero-order valence-corrected chi connectivity index (χ0v) is 19.8. The van der Waals surface area contributed by atoms with Gasteiger partial charge in [-0.05, 0) is 42.7 Å². The first-order chi connectivity index (χ1) is 16.3. The topological polar surface area (TPSA) is 103 Å². The standard InChI is InChI=1S/C25H29N5O4/c1-16-10-11-20(12-17(16)2)34-15-19(31)14-30-21-22(28(3)25(33)29(4)23(21)32)27-24(30)26-13-18-8-6-5-7-9-18/h5-12,19,31H,13-15H2,1-4H3,(H,26,27)/t19-/m0/s1. The number of hydrogen-bond acceptors (Lipinski definition) is 6. The van der Waals surface area contributed by atoms with Crippen LogP contribution in [0.25, 0.3) is 11.2 Å². The zero-order chi connectivity index (χ0) is 24.4. The molecule has 2 N–H and O–H groups in total. The molecular formula is C25H29N5O4. The Morgan fingerprint density at radius 3 is 2.47 bits per heavy atom. The number of imidazole rings is 1. The lowest BCUT2D eigenvalue weighted by molar-refractivity contribution is 0.0938. The highest BCUT2D eigenvalue weighted by molar-refractivity contribution is 5.74. The minimum absolute atomic E-state index is 0.0341. The van der Waals surface area contributed by atoms with Crippen molar-refractivity contribution >= 4 is 17.1 Å². The second-order valence-corrected chi connectivity index (χ2v) is 8.47. The summed E-state index contributed by atoms with van der Waals surface area (Å²) < 4.78 is 9.78. The van der Waals surface area contributed by atoms with E-state index >= 15 is 0 Å². The predicted octanol–water partition coefficient (Wildman–Crippen LogP) is 2.10. The van der Waals surface area contributed by atoms with E-state index in [0.29, 0.717) is 18.2 Å². The fraction of sp³-hybridized carbons (Fsp3) is 0.320. The zero-order valence-electron chi connectivity index (χ0n) is 19.8. The third kappa shape index (κ3) is 4.60. The van der Waals surface area contributed by atoms with Gasteiger partial charge in [-0.25, -0.2) is 4.79 Å². The summed E-state index contributed by atoms with van der Waals surface area (Å²) in [6.45, 7) is 4.59.